The second-order valence-corrected chi connectivity index (χ2v) is 6.74. The quantitative estimate of drug-likeness (QED) is 0.845. The lowest BCUT2D eigenvalue weighted by Gasteiger charge is -2.08. The second-order valence-electron chi connectivity index (χ2n) is 3.41. The van der Waals surface area contributed by atoms with Crippen LogP contribution in [0.2, 0.25) is 0 Å². The number of benzene rings is 1. The minimum Gasteiger partial charge on any atom is -0.382 e. The van der Waals surface area contributed by atoms with Crippen molar-refractivity contribution in [3.05, 3.63) is 28.2 Å². The molecule has 0 aliphatic carbocycles. The van der Waals surface area contributed by atoms with E-state index in [1.165, 1.54) is 6.92 Å². The molecule has 0 heterocycles. The SMILES string of the molecule is CCS(=O)(=O)CCNc1cc(F)c(Br)cc1F. The summed E-state index contributed by atoms with van der Waals surface area (Å²) in [5.74, 6) is -1.31. The van der Waals surface area contributed by atoms with Crippen LogP contribution in [0.25, 0.3) is 0 Å². The summed E-state index contributed by atoms with van der Waals surface area (Å²) in [5.41, 5.74) is -0.0444. The summed E-state index contributed by atoms with van der Waals surface area (Å²) in [6, 6.07) is 1.98. The lowest BCUT2D eigenvalue weighted by Crippen LogP contribution is -2.17. The third-order valence-corrected chi connectivity index (χ3v) is 4.49. The molecule has 1 N–H and O–H groups in total. The number of anilines is 1. The molecule has 0 saturated carbocycles. The summed E-state index contributed by atoms with van der Waals surface area (Å²) in [6.45, 7) is 1.59. The monoisotopic (exact) mass is 327 g/mol. The molecule has 1 aromatic rings. The topological polar surface area (TPSA) is 46.2 Å². The molecule has 3 nitrogen and oxygen atoms in total. The molecule has 96 valence electrons. The van der Waals surface area contributed by atoms with Crippen molar-refractivity contribution in [2.24, 2.45) is 0 Å². The highest BCUT2D eigenvalue weighted by atomic mass is 79.9. The maximum absolute atomic E-state index is 13.3. The maximum Gasteiger partial charge on any atom is 0.151 e. The van der Waals surface area contributed by atoms with Gasteiger partial charge >= 0.3 is 0 Å². The fourth-order valence-electron chi connectivity index (χ4n) is 1.14. The van der Waals surface area contributed by atoms with Gasteiger partial charge in [-0.2, -0.15) is 0 Å². The molecule has 0 fully saturated rings. The molecular weight excluding hydrogens is 316 g/mol. The number of rotatable bonds is 5. The van der Waals surface area contributed by atoms with Gasteiger partial charge in [0.2, 0.25) is 0 Å². The molecule has 0 radical (unpaired) electrons. The highest BCUT2D eigenvalue weighted by Crippen LogP contribution is 2.23. The molecule has 0 bridgehead atoms. The van der Waals surface area contributed by atoms with Crippen LogP contribution in [0.4, 0.5) is 14.5 Å². The van der Waals surface area contributed by atoms with Crippen molar-refractivity contribution >= 4 is 31.5 Å². The molecule has 1 aromatic carbocycles. The Morgan fingerprint density at radius 3 is 2.53 bits per heavy atom. The summed E-state index contributed by atoms with van der Waals surface area (Å²) in [5, 5.41) is 2.56. The maximum atomic E-state index is 13.3. The van der Waals surface area contributed by atoms with Gasteiger partial charge in [0.1, 0.15) is 11.6 Å². The minimum atomic E-state index is -3.11. The van der Waals surface area contributed by atoms with Crippen molar-refractivity contribution in [2.75, 3.05) is 23.4 Å². The molecule has 0 aliphatic heterocycles. The van der Waals surface area contributed by atoms with Crippen molar-refractivity contribution < 1.29 is 17.2 Å². The standard InChI is InChI=1S/C10H12BrF2NO2S/c1-2-17(15,16)4-3-14-10-6-8(12)7(11)5-9(10)13/h5-6,14H,2-4H2,1H3. The normalized spacial score (nSPS) is 11.5. The number of hydrogen-bond donors (Lipinski definition) is 1. The number of halogens is 3. The van der Waals surface area contributed by atoms with Crippen LogP contribution in [0.3, 0.4) is 0 Å². The Morgan fingerprint density at radius 2 is 1.94 bits per heavy atom. The fourth-order valence-corrected chi connectivity index (χ4v) is 2.16. The van der Waals surface area contributed by atoms with E-state index in [4.69, 9.17) is 0 Å². The van der Waals surface area contributed by atoms with Gasteiger partial charge in [-0.1, -0.05) is 6.92 Å². The smallest absolute Gasteiger partial charge is 0.151 e. The van der Waals surface area contributed by atoms with E-state index in [-0.39, 0.29) is 28.2 Å². The highest BCUT2D eigenvalue weighted by molar-refractivity contribution is 9.10. The van der Waals surface area contributed by atoms with Gasteiger partial charge in [0.15, 0.2) is 9.84 Å². The van der Waals surface area contributed by atoms with Crippen LogP contribution >= 0.6 is 15.9 Å². The average Bonchev–Trinajstić information content (AvgIpc) is 2.25. The van der Waals surface area contributed by atoms with E-state index in [0.29, 0.717) is 0 Å². The molecule has 0 aromatic heterocycles. The van der Waals surface area contributed by atoms with Gasteiger partial charge in [0.25, 0.3) is 0 Å². The van der Waals surface area contributed by atoms with E-state index in [1.54, 1.807) is 0 Å². The van der Waals surface area contributed by atoms with Gasteiger partial charge in [-0.05, 0) is 22.0 Å². The molecule has 0 amide bonds. The molecule has 0 atom stereocenters. The van der Waals surface area contributed by atoms with E-state index in [2.05, 4.69) is 21.2 Å². The molecule has 0 aliphatic rings. The molecule has 17 heavy (non-hydrogen) atoms. The third kappa shape index (κ3) is 4.23. The first-order valence-corrected chi connectivity index (χ1v) is 7.56. The van der Waals surface area contributed by atoms with Gasteiger partial charge in [-0.3, -0.25) is 0 Å². The Labute approximate surface area is 107 Å². The van der Waals surface area contributed by atoms with E-state index in [0.717, 1.165) is 12.1 Å². The summed E-state index contributed by atoms with van der Waals surface area (Å²) < 4.78 is 48.8. The van der Waals surface area contributed by atoms with Gasteiger partial charge < -0.3 is 5.32 Å². The Bertz CT molecular complexity index is 505. The van der Waals surface area contributed by atoms with E-state index < -0.39 is 21.5 Å². The van der Waals surface area contributed by atoms with Crippen LogP contribution in [-0.2, 0) is 9.84 Å². The van der Waals surface area contributed by atoms with E-state index >= 15 is 0 Å². The summed E-state index contributed by atoms with van der Waals surface area (Å²) in [7, 11) is -3.11. The fraction of sp³-hybridized carbons (Fsp3) is 0.400. The average molecular weight is 328 g/mol. The second kappa shape index (κ2) is 5.77. The molecule has 0 saturated heterocycles. The largest absolute Gasteiger partial charge is 0.382 e. The van der Waals surface area contributed by atoms with Gasteiger partial charge in [0.05, 0.1) is 15.9 Å². The van der Waals surface area contributed by atoms with Crippen molar-refractivity contribution in [2.45, 2.75) is 6.92 Å². The number of hydrogen-bond acceptors (Lipinski definition) is 3. The molecule has 1 rings (SSSR count). The molecule has 7 heteroatoms. The molecule has 0 unspecified atom stereocenters. The first-order valence-electron chi connectivity index (χ1n) is 4.94. The Morgan fingerprint density at radius 1 is 1.29 bits per heavy atom. The zero-order chi connectivity index (χ0) is 13.1. The Kier molecular flexibility index (Phi) is 4.88. The van der Waals surface area contributed by atoms with Crippen LogP contribution < -0.4 is 5.32 Å². The first-order chi connectivity index (χ1) is 7.85. The first kappa shape index (κ1) is 14.4. The predicted octanol–water partition coefficient (Wildman–Crippen LogP) is 2.57. The van der Waals surface area contributed by atoms with Gasteiger partial charge in [0, 0.05) is 18.4 Å². The van der Waals surface area contributed by atoms with Gasteiger partial charge in [-0.15, -0.1) is 0 Å². The van der Waals surface area contributed by atoms with Crippen LogP contribution in [0.15, 0.2) is 16.6 Å². The van der Waals surface area contributed by atoms with Crippen LogP contribution in [0, 0.1) is 11.6 Å². The lowest BCUT2D eigenvalue weighted by molar-refractivity contribution is 0.594. The van der Waals surface area contributed by atoms with Crippen molar-refractivity contribution in [1.29, 1.82) is 0 Å². The van der Waals surface area contributed by atoms with E-state index in [1.807, 2.05) is 0 Å². The van der Waals surface area contributed by atoms with Crippen LogP contribution in [0.1, 0.15) is 6.92 Å². The van der Waals surface area contributed by atoms with Crippen molar-refractivity contribution in [3.8, 4) is 0 Å². The van der Waals surface area contributed by atoms with Crippen molar-refractivity contribution in [1.82, 2.24) is 0 Å². The molecule has 0 spiro atoms. The predicted molar refractivity (Wildman–Crippen MR) is 66.9 cm³/mol. The Hall–Kier alpha value is -0.690. The van der Waals surface area contributed by atoms with Crippen molar-refractivity contribution in [3.63, 3.8) is 0 Å². The summed E-state index contributed by atoms with van der Waals surface area (Å²) in [4.78, 5) is 0. The van der Waals surface area contributed by atoms with E-state index in [9.17, 15) is 17.2 Å². The lowest BCUT2D eigenvalue weighted by atomic mass is 10.3. The highest BCUT2D eigenvalue weighted by Gasteiger charge is 2.10. The Balaban J connectivity index is 2.68. The minimum absolute atomic E-state index is 0.0294. The number of nitrogens with one attached hydrogen (secondary N) is 1. The van der Waals surface area contributed by atoms with Crippen LogP contribution in [-0.4, -0.2) is 26.5 Å². The third-order valence-electron chi connectivity index (χ3n) is 2.18. The summed E-state index contributed by atoms with van der Waals surface area (Å²) >= 11 is 2.85. The molecular formula is C10H12BrF2NO2S. The van der Waals surface area contributed by atoms with Gasteiger partial charge in [-0.25, -0.2) is 17.2 Å². The summed E-state index contributed by atoms with van der Waals surface area (Å²) in [6.07, 6.45) is 0. The zero-order valence-corrected chi connectivity index (χ0v) is 11.5. The zero-order valence-electron chi connectivity index (χ0n) is 9.13. The van der Waals surface area contributed by atoms with Crippen LogP contribution in [0.5, 0.6) is 0 Å². The number of sulfone groups is 1.